The average Bonchev–Trinajstić information content (AvgIpc) is 3.25. The summed E-state index contributed by atoms with van der Waals surface area (Å²) in [6, 6.07) is 7.14. The standard InChI is InChI=1S/C23H35FN4O3/c1-25(2)23(30)27-11-8-20(17-27)28(19-9-14-31-15-10-19)13-12-26(3)22(29)16-18-6-4-5-7-21(18)24/h4-7,19-20H,8-17H2,1-3H3. The summed E-state index contributed by atoms with van der Waals surface area (Å²) in [4.78, 5) is 32.7. The number of urea groups is 1. The van der Waals surface area contributed by atoms with Crippen molar-refractivity contribution in [1.29, 1.82) is 0 Å². The zero-order chi connectivity index (χ0) is 22.4. The Hall–Kier alpha value is -2.19. The Morgan fingerprint density at radius 2 is 1.77 bits per heavy atom. The molecule has 2 saturated heterocycles. The maximum Gasteiger partial charge on any atom is 0.319 e. The number of hydrogen-bond donors (Lipinski definition) is 0. The summed E-state index contributed by atoms with van der Waals surface area (Å²) in [6.07, 6.45) is 2.93. The monoisotopic (exact) mass is 434 g/mol. The molecule has 2 aliphatic heterocycles. The molecule has 1 aromatic carbocycles. The van der Waals surface area contributed by atoms with Crippen molar-refractivity contribution in [2.75, 3.05) is 60.5 Å². The molecule has 2 fully saturated rings. The van der Waals surface area contributed by atoms with Gasteiger partial charge in [-0.2, -0.15) is 0 Å². The number of ether oxygens (including phenoxy) is 1. The molecule has 0 N–H and O–H groups in total. The number of likely N-dealkylation sites (N-methyl/N-ethyl adjacent to an activating group) is 1. The minimum Gasteiger partial charge on any atom is -0.381 e. The quantitative estimate of drug-likeness (QED) is 0.659. The van der Waals surface area contributed by atoms with Crippen LogP contribution in [-0.2, 0) is 16.0 Å². The van der Waals surface area contributed by atoms with Crippen molar-refractivity contribution >= 4 is 11.9 Å². The lowest BCUT2D eigenvalue weighted by molar-refractivity contribution is -0.129. The summed E-state index contributed by atoms with van der Waals surface area (Å²) in [6.45, 7) is 4.26. The molecular formula is C23H35FN4O3. The second-order valence-electron chi connectivity index (χ2n) is 8.73. The number of likely N-dealkylation sites (tertiary alicyclic amines) is 1. The lowest BCUT2D eigenvalue weighted by atomic mass is 10.0. The number of rotatable bonds is 7. The first-order valence-corrected chi connectivity index (χ1v) is 11.1. The molecule has 1 unspecified atom stereocenters. The number of nitrogens with zero attached hydrogens (tertiary/aromatic N) is 4. The fourth-order valence-corrected chi connectivity index (χ4v) is 4.48. The molecule has 3 amide bonds. The molecule has 8 heteroatoms. The van der Waals surface area contributed by atoms with Crippen molar-refractivity contribution in [2.45, 2.75) is 37.8 Å². The first kappa shape index (κ1) is 23.5. The molecule has 0 saturated carbocycles. The van der Waals surface area contributed by atoms with Crippen LogP contribution in [0.3, 0.4) is 0 Å². The number of amides is 3. The van der Waals surface area contributed by atoms with E-state index in [9.17, 15) is 14.0 Å². The van der Waals surface area contributed by atoms with E-state index >= 15 is 0 Å². The first-order valence-electron chi connectivity index (χ1n) is 11.1. The normalized spacial score (nSPS) is 19.6. The molecule has 7 nitrogen and oxygen atoms in total. The highest BCUT2D eigenvalue weighted by Gasteiger charge is 2.35. The van der Waals surface area contributed by atoms with E-state index in [1.54, 1.807) is 49.1 Å². The van der Waals surface area contributed by atoms with E-state index in [1.165, 1.54) is 6.07 Å². The Labute approximate surface area is 184 Å². The Morgan fingerprint density at radius 3 is 2.45 bits per heavy atom. The van der Waals surface area contributed by atoms with Crippen molar-refractivity contribution in [3.63, 3.8) is 0 Å². The van der Waals surface area contributed by atoms with E-state index in [4.69, 9.17) is 4.74 Å². The van der Waals surface area contributed by atoms with Crippen LogP contribution in [0.25, 0.3) is 0 Å². The lowest BCUT2D eigenvalue weighted by Crippen LogP contribution is -2.50. The van der Waals surface area contributed by atoms with Crippen molar-refractivity contribution in [3.05, 3.63) is 35.6 Å². The van der Waals surface area contributed by atoms with Crippen LogP contribution in [-0.4, -0.2) is 104 Å². The van der Waals surface area contributed by atoms with Gasteiger partial charge in [-0.3, -0.25) is 9.69 Å². The maximum atomic E-state index is 13.9. The minimum absolute atomic E-state index is 0.0478. The number of benzene rings is 1. The Morgan fingerprint density at radius 1 is 1.06 bits per heavy atom. The van der Waals surface area contributed by atoms with Crippen LogP contribution < -0.4 is 0 Å². The third-order valence-electron chi connectivity index (χ3n) is 6.36. The third-order valence-corrected chi connectivity index (χ3v) is 6.36. The van der Waals surface area contributed by atoms with E-state index in [0.717, 1.165) is 45.6 Å². The minimum atomic E-state index is -0.343. The SMILES string of the molecule is CN(C)C(=O)N1CCC(N(CCN(C)C(=O)Cc2ccccc2F)C2CCOCC2)C1. The maximum absolute atomic E-state index is 13.9. The van der Waals surface area contributed by atoms with Crippen molar-refractivity contribution in [2.24, 2.45) is 0 Å². The molecule has 3 rings (SSSR count). The zero-order valence-electron chi connectivity index (χ0n) is 18.9. The predicted octanol–water partition coefficient (Wildman–Crippen LogP) is 2.06. The summed E-state index contributed by atoms with van der Waals surface area (Å²) in [7, 11) is 5.34. The Kier molecular flexibility index (Phi) is 8.26. The molecule has 0 radical (unpaired) electrons. The van der Waals surface area contributed by atoms with Gasteiger partial charge in [0.15, 0.2) is 0 Å². The van der Waals surface area contributed by atoms with Gasteiger partial charge in [-0.05, 0) is 30.9 Å². The van der Waals surface area contributed by atoms with Gasteiger partial charge >= 0.3 is 6.03 Å². The van der Waals surface area contributed by atoms with Crippen molar-refractivity contribution in [3.8, 4) is 0 Å². The van der Waals surface area contributed by atoms with Gasteiger partial charge < -0.3 is 19.4 Å². The first-order chi connectivity index (χ1) is 14.9. The van der Waals surface area contributed by atoms with E-state index < -0.39 is 0 Å². The highest BCUT2D eigenvalue weighted by atomic mass is 19.1. The largest absolute Gasteiger partial charge is 0.381 e. The smallest absolute Gasteiger partial charge is 0.319 e. The van der Waals surface area contributed by atoms with Crippen LogP contribution in [0.2, 0.25) is 0 Å². The van der Waals surface area contributed by atoms with E-state index in [-0.39, 0.29) is 30.2 Å². The zero-order valence-corrected chi connectivity index (χ0v) is 18.9. The predicted molar refractivity (Wildman–Crippen MR) is 117 cm³/mol. The van der Waals surface area contributed by atoms with Crippen molar-refractivity contribution < 1.29 is 18.7 Å². The van der Waals surface area contributed by atoms with Crippen LogP contribution in [0.15, 0.2) is 24.3 Å². The molecule has 2 heterocycles. The second-order valence-corrected chi connectivity index (χ2v) is 8.73. The number of hydrogen-bond acceptors (Lipinski definition) is 4. The molecular weight excluding hydrogens is 399 g/mol. The number of halogens is 1. The summed E-state index contributed by atoms with van der Waals surface area (Å²) in [5.74, 6) is -0.433. The van der Waals surface area contributed by atoms with Gasteiger partial charge in [-0.15, -0.1) is 0 Å². The van der Waals surface area contributed by atoms with Crippen LogP contribution in [0, 0.1) is 5.82 Å². The van der Waals surface area contributed by atoms with Gasteiger partial charge in [0.05, 0.1) is 6.42 Å². The summed E-state index contributed by atoms with van der Waals surface area (Å²) < 4.78 is 19.5. The summed E-state index contributed by atoms with van der Waals surface area (Å²) in [5.41, 5.74) is 0.425. The molecule has 0 bridgehead atoms. The highest BCUT2D eigenvalue weighted by molar-refractivity contribution is 5.78. The molecule has 172 valence electrons. The topological polar surface area (TPSA) is 56.3 Å². The molecule has 31 heavy (non-hydrogen) atoms. The average molecular weight is 435 g/mol. The van der Waals surface area contributed by atoms with E-state index in [2.05, 4.69) is 4.90 Å². The number of carbonyl (C=O) groups excluding carboxylic acids is 2. The molecule has 0 aromatic heterocycles. The summed E-state index contributed by atoms with van der Waals surface area (Å²) in [5, 5.41) is 0. The van der Waals surface area contributed by atoms with Gasteiger partial charge in [-0.25, -0.2) is 9.18 Å². The fraction of sp³-hybridized carbons (Fsp3) is 0.652. The van der Waals surface area contributed by atoms with Crippen molar-refractivity contribution in [1.82, 2.24) is 19.6 Å². The molecule has 1 aromatic rings. The van der Waals surface area contributed by atoms with Gasteiger partial charge in [-0.1, -0.05) is 18.2 Å². The van der Waals surface area contributed by atoms with Crippen LogP contribution in [0.1, 0.15) is 24.8 Å². The van der Waals surface area contributed by atoms with Gasteiger partial charge in [0.1, 0.15) is 5.82 Å². The Bertz CT molecular complexity index is 754. The summed E-state index contributed by atoms with van der Waals surface area (Å²) >= 11 is 0. The second kappa shape index (κ2) is 10.9. The van der Waals surface area contributed by atoms with E-state index in [0.29, 0.717) is 24.7 Å². The van der Waals surface area contributed by atoms with Crippen LogP contribution in [0.5, 0.6) is 0 Å². The van der Waals surface area contributed by atoms with Gasteiger partial charge in [0, 0.05) is 72.6 Å². The van der Waals surface area contributed by atoms with E-state index in [1.807, 2.05) is 4.90 Å². The van der Waals surface area contributed by atoms with Crippen LogP contribution in [0.4, 0.5) is 9.18 Å². The molecule has 0 spiro atoms. The third kappa shape index (κ3) is 6.17. The van der Waals surface area contributed by atoms with Crippen LogP contribution >= 0.6 is 0 Å². The fourth-order valence-electron chi connectivity index (χ4n) is 4.48. The van der Waals surface area contributed by atoms with Gasteiger partial charge in [0.25, 0.3) is 0 Å². The lowest BCUT2D eigenvalue weighted by Gasteiger charge is -2.39. The Balaban J connectivity index is 1.60. The molecule has 1 atom stereocenters. The number of carbonyl (C=O) groups is 2. The molecule has 0 aliphatic carbocycles. The highest BCUT2D eigenvalue weighted by Crippen LogP contribution is 2.24. The molecule has 2 aliphatic rings. The van der Waals surface area contributed by atoms with Gasteiger partial charge in [0.2, 0.25) is 5.91 Å².